The molecule has 6 bridgehead atoms. The lowest BCUT2D eigenvalue weighted by Gasteiger charge is -2.36. The number of aromatic nitrogens is 4. The molecule has 2 saturated heterocycles. The van der Waals surface area contributed by atoms with Crippen molar-refractivity contribution in [2.75, 3.05) is 38.5 Å². The van der Waals surface area contributed by atoms with E-state index < -0.39 is 0 Å². The van der Waals surface area contributed by atoms with Crippen LogP contribution in [0.3, 0.4) is 0 Å². The van der Waals surface area contributed by atoms with Crippen LogP contribution >= 0.6 is 0 Å². The predicted octanol–water partition coefficient (Wildman–Crippen LogP) is 2.97. The fraction of sp³-hybridized carbons (Fsp3) is 0.808. The standard InChI is InChI=1S/C26H42N8O/c27-24-13-23(25-26(30-24)32-33-31-25)22-8-10-28-9-7-17-3-1-5-20(11-17)35-21-6-2-4-18(12-21)15-34-16-19(22)14-29-34/h13,17-22,28-29H,1-12,14-16H2,(H3,27,30,31,32,33). The second kappa shape index (κ2) is 10.7. The van der Waals surface area contributed by atoms with Crippen LogP contribution in [0.15, 0.2) is 6.07 Å². The average molecular weight is 483 g/mol. The van der Waals surface area contributed by atoms with Crippen molar-refractivity contribution in [3.8, 4) is 0 Å². The zero-order valence-corrected chi connectivity index (χ0v) is 20.9. The third-order valence-corrected chi connectivity index (χ3v) is 9.04. The number of fused-ring (bicyclic) bond motifs is 7. The summed E-state index contributed by atoms with van der Waals surface area (Å²) in [5.41, 5.74) is 12.6. The molecule has 0 spiro atoms. The van der Waals surface area contributed by atoms with E-state index in [1.807, 2.05) is 6.07 Å². The first kappa shape index (κ1) is 23.6. The number of nitrogens with one attached hydrogen (secondary N) is 3. The molecule has 2 aromatic rings. The molecule has 4 fully saturated rings. The van der Waals surface area contributed by atoms with Crippen molar-refractivity contribution < 1.29 is 4.74 Å². The minimum atomic E-state index is 0.357. The first-order chi connectivity index (χ1) is 17.2. The Labute approximate surface area is 208 Å². The van der Waals surface area contributed by atoms with Crippen LogP contribution in [0.1, 0.15) is 75.7 Å². The molecule has 2 aliphatic heterocycles. The maximum atomic E-state index is 6.72. The van der Waals surface area contributed by atoms with E-state index in [9.17, 15) is 0 Å². The number of H-pyrrole nitrogens is 1. The molecule has 5 N–H and O–H groups in total. The Balaban J connectivity index is 1.23. The largest absolute Gasteiger partial charge is 0.384 e. The Morgan fingerprint density at radius 3 is 2.60 bits per heavy atom. The highest BCUT2D eigenvalue weighted by Crippen LogP contribution is 2.37. The van der Waals surface area contributed by atoms with Gasteiger partial charge in [-0.05, 0) is 93.3 Å². The van der Waals surface area contributed by atoms with Gasteiger partial charge in [0.15, 0.2) is 0 Å². The highest BCUT2D eigenvalue weighted by Gasteiger charge is 2.35. The SMILES string of the molecule is Nc1cc(C2CCNCCC3CCCC(C3)OC3CCCC(C3)CN3CC2CN3)c2n[nH]nc2n1. The first-order valence-electron chi connectivity index (χ1n) is 14.0. The summed E-state index contributed by atoms with van der Waals surface area (Å²) in [7, 11) is 0. The van der Waals surface area contributed by atoms with E-state index in [2.05, 4.69) is 36.1 Å². The van der Waals surface area contributed by atoms with E-state index >= 15 is 0 Å². The van der Waals surface area contributed by atoms with Crippen molar-refractivity contribution in [2.24, 2.45) is 17.8 Å². The predicted molar refractivity (Wildman–Crippen MR) is 137 cm³/mol. The molecular weight excluding hydrogens is 440 g/mol. The minimum Gasteiger partial charge on any atom is -0.384 e. The number of rotatable bonds is 1. The number of hydrogen-bond acceptors (Lipinski definition) is 8. The summed E-state index contributed by atoms with van der Waals surface area (Å²) in [5, 5.41) is 17.7. The number of nitrogens with two attached hydrogens (primary N) is 1. The number of hydrogen-bond donors (Lipinski definition) is 4. The van der Waals surface area contributed by atoms with Gasteiger partial charge in [0.25, 0.3) is 0 Å². The average Bonchev–Trinajstić information content (AvgIpc) is 3.51. The Hall–Kier alpha value is -1.81. The zero-order chi connectivity index (χ0) is 23.6. The van der Waals surface area contributed by atoms with Gasteiger partial charge in [0.2, 0.25) is 5.65 Å². The molecule has 2 aromatic heterocycles. The van der Waals surface area contributed by atoms with Gasteiger partial charge in [-0.3, -0.25) is 5.43 Å². The molecule has 9 nitrogen and oxygen atoms in total. The molecule has 9 heteroatoms. The number of pyridine rings is 1. The van der Waals surface area contributed by atoms with Crippen LogP contribution in [0.4, 0.5) is 5.82 Å². The molecule has 35 heavy (non-hydrogen) atoms. The monoisotopic (exact) mass is 482 g/mol. The molecule has 7 atom stereocenters. The molecule has 192 valence electrons. The highest BCUT2D eigenvalue weighted by atomic mass is 16.5. The molecule has 6 rings (SSSR count). The summed E-state index contributed by atoms with van der Waals surface area (Å²) in [6, 6.07) is 2.03. The normalized spacial score (nSPS) is 37.2. The smallest absolute Gasteiger partial charge is 0.203 e. The van der Waals surface area contributed by atoms with E-state index in [1.165, 1.54) is 63.4 Å². The maximum absolute atomic E-state index is 6.72. The first-order valence-corrected chi connectivity index (χ1v) is 14.0. The van der Waals surface area contributed by atoms with Crippen molar-refractivity contribution in [2.45, 2.75) is 82.3 Å². The van der Waals surface area contributed by atoms with Crippen LogP contribution < -0.4 is 16.5 Å². The third kappa shape index (κ3) is 5.48. The summed E-state index contributed by atoms with van der Waals surface area (Å²) in [6.07, 6.45) is 13.5. The van der Waals surface area contributed by atoms with E-state index in [0.717, 1.165) is 50.6 Å². The molecule has 0 aromatic carbocycles. The summed E-state index contributed by atoms with van der Waals surface area (Å²) in [6.45, 7) is 5.25. The van der Waals surface area contributed by atoms with E-state index in [4.69, 9.17) is 10.5 Å². The Morgan fingerprint density at radius 1 is 0.914 bits per heavy atom. The number of nitrogens with zero attached hydrogens (tertiary/aromatic N) is 4. The number of nitrogen functional groups attached to an aromatic ring is 1. The molecule has 7 unspecified atom stereocenters. The van der Waals surface area contributed by atoms with Gasteiger partial charge in [0, 0.05) is 19.6 Å². The molecule has 0 amide bonds. The number of anilines is 1. The van der Waals surface area contributed by atoms with E-state index in [-0.39, 0.29) is 0 Å². The molecular formula is C26H42N8O. The van der Waals surface area contributed by atoms with Gasteiger partial charge in [-0.25, -0.2) is 9.99 Å². The Kier molecular flexibility index (Phi) is 7.18. The van der Waals surface area contributed by atoms with Crippen molar-refractivity contribution in [3.05, 3.63) is 11.6 Å². The lowest BCUT2D eigenvalue weighted by Crippen LogP contribution is -2.39. The van der Waals surface area contributed by atoms with Crippen LogP contribution in [0.5, 0.6) is 0 Å². The van der Waals surface area contributed by atoms with Crippen LogP contribution in [-0.2, 0) is 4.74 Å². The van der Waals surface area contributed by atoms with Crippen LogP contribution in [0.25, 0.3) is 11.2 Å². The van der Waals surface area contributed by atoms with Gasteiger partial charge >= 0.3 is 0 Å². The fourth-order valence-corrected chi connectivity index (χ4v) is 7.31. The maximum Gasteiger partial charge on any atom is 0.203 e. The molecule has 2 aliphatic carbocycles. The van der Waals surface area contributed by atoms with Gasteiger partial charge in [0.1, 0.15) is 11.3 Å². The lowest BCUT2D eigenvalue weighted by molar-refractivity contribution is -0.0657. The quantitative estimate of drug-likeness (QED) is 0.490. The summed E-state index contributed by atoms with van der Waals surface area (Å²) >= 11 is 0. The third-order valence-electron chi connectivity index (χ3n) is 9.04. The number of hydrazine groups is 1. The van der Waals surface area contributed by atoms with Gasteiger partial charge in [-0.15, -0.1) is 5.10 Å². The van der Waals surface area contributed by atoms with Crippen LogP contribution in [0.2, 0.25) is 0 Å². The topological polar surface area (TPSA) is 117 Å². The summed E-state index contributed by atoms with van der Waals surface area (Å²) in [4.78, 5) is 4.39. The Bertz CT molecular complexity index is 981. The van der Waals surface area contributed by atoms with E-state index in [0.29, 0.717) is 41.4 Å². The Morgan fingerprint density at radius 2 is 1.71 bits per heavy atom. The lowest BCUT2D eigenvalue weighted by atomic mass is 9.83. The summed E-state index contributed by atoms with van der Waals surface area (Å²) < 4.78 is 6.72. The molecule has 4 aliphatic rings. The van der Waals surface area contributed by atoms with Crippen molar-refractivity contribution >= 4 is 17.0 Å². The van der Waals surface area contributed by atoms with Crippen molar-refractivity contribution in [3.63, 3.8) is 0 Å². The van der Waals surface area contributed by atoms with Gasteiger partial charge in [-0.2, -0.15) is 10.3 Å². The molecule has 0 radical (unpaired) electrons. The van der Waals surface area contributed by atoms with Gasteiger partial charge < -0.3 is 15.8 Å². The van der Waals surface area contributed by atoms with Gasteiger partial charge in [-0.1, -0.05) is 19.3 Å². The zero-order valence-electron chi connectivity index (χ0n) is 20.9. The van der Waals surface area contributed by atoms with Crippen LogP contribution in [-0.4, -0.2) is 70.3 Å². The molecule has 4 heterocycles. The van der Waals surface area contributed by atoms with Gasteiger partial charge in [0.05, 0.1) is 12.2 Å². The van der Waals surface area contributed by atoms with Crippen molar-refractivity contribution in [1.29, 1.82) is 0 Å². The van der Waals surface area contributed by atoms with Crippen LogP contribution in [0, 0.1) is 17.8 Å². The summed E-state index contributed by atoms with van der Waals surface area (Å²) in [5.74, 6) is 2.90. The highest BCUT2D eigenvalue weighted by molar-refractivity contribution is 5.76. The fourth-order valence-electron chi connectivity index (χ4n) is 7.31. The van der Waals surface area contributed by atoms with E-state index in [1.54, 1.807) is 0 Å². The number of ether oxygens (including phenoxy) is 1. The second-order valence-corrected chi connectivity index (χ2v) is 11.5. The van der Waals surface area contributed by atoms with Crippen molar-refractivity contribution in [1.82, 2.24) is 36.1 Å². The second-order valence-electron chi connectivity index (χ2n) is 11.5. The molecule has 2 saturated carbocycles. The minimum absolute atomic E-state index is 0.357. The number of aromatic amines is 1.